The fraction of sp³-hybridized carbons (Fsp3) is 0.211. The first-order valence-corrected chi connectivity index (χ1v) is 7.97. The van der Waals surface area contributed by atoms with Crippen LogP contribution in [0.3, 0.4) is 0 Å². The van der Waals surface area contributed by atoms with Gasteiger partial charge in [-0.25, -0.2) is 14.4 Å². The molecule has 0 aliphatic rings. The monoisotopic (exact) mass is 338 g/mol. The van der Waals surface area contributed by atoms with Gasteiger partial charge in [0.2, 0.25) is 5.95 Å². The van der Waals surface area contributed by atoms with Gasteiger partial charge >= 0.3 is 0 Å². The lowest BCUT2D eigenvalue weighted by Crippen LogP contribution is -2.01. The molecule has 1 N–H and O–H groups in total. The van der Waals surface area contributed by atoms with Gasteiger partial charge < -0.3 is 10.1 Å². The van der Waals surface area contributed by atoms with Gasteiger partial charge in [0.15, 0.2) is 11.6 Å². The van der Waals surface area contributed by atoms with Gasteiger partial charge in [0.25, 0.3) is 0 Å². The van der Waals surface area contributed by atoms with E-state index < -0.39 is 0 Å². The molecule has 2 aromatic heterocycles. The standard InChI is InChI=1S/C19H19FN4O/c1-13-10-16(8-9-21-13)24-19-22-11-14(12-23-19)6-7-15-4-3-5-17(25-2)18(15)20/h3-5,8-12H,6-7H2,1-2H3,(H,21,22,23,24). The Morgan fingerprint density at radius 2 is 1.88 bits per heavy atom. The average molecular weight is 338 g/mol. The van der Waals surface area contributed by atoms with Crippen LogP contribution in [-0.4, -0.2) is 22.1 Å². The zero-order valence-corrected chi connectivity index (χ0v) is 14.2. The maximum Gasteiger partial charge on any atom is 0.227 e. The summed E-state index contributed by atoms with van der Waals surface area (Å²) in [5.74, 6) is 0.472. The van der Waals surface area contributed by atoms with Gasteiger partial charge in [-0.15, -0.1) is 0 Å². The first-order chi connectivity index (χ1) is 12.2. The van der Waals surface area contributed by atoms with Gasteiger partial charge in [-0.1, -0.05) is 12.1 Å². The van der Waals surface area contributed by atoms with Crippen molar-refractivity contribution >= 4 is 11.6 Å². The van der Waals surface area contributed by atoms with Crippen LogP contribution < -0.4 is 10.1 Å². The van der Waals surface area contributed by atoms with Crippen molar-refractivity contribution in [1.29, 1.82) is 0 Å². The molecule has 25 heavy (non-hydrogen) atoms. The van der Waals surface area contributed by atoms with E-state index in [0.29, 0.717) is 24.4 Å². The van der Waals surface area contributed by atoms with Crippen LogP contribution in [0.2, 0.25) is 0 Å². The van der Waals surface area contributed by atoms with Crippen LogP contribution >= 0.6 is 0 Å². The van der Waals surface area contributed by atoms with Crippen LogP contribution in [0.5, 0.6) is 5.75 Å². The minimum Gasteiger partial charge on any atom is -0.494 e. The summed E-state index contributed by atoms with van der Waals surface area (Å²) in [5, 5.41) is 3.13. The van der Waals surface area contributed by atoms with Gasteiger partial charge in [-0.2, -0.15) is 0 Å². The quantitative estimate of drug-likeness (QED) is 0.739. The van der Waals surface area contributed by atoms with Crippen LogP contribution in [0.15, 0.2) is 48.9 Å². The Kier molecular flexibility index (Phi) is 5.18. The Bertz CT molecular complexity index is 852. The van der Waals surface area contributed by atoms with E-state index in [0.717, 1.165) is 16.9 Å². The molecule has 1 aromatic carbocycles. The van der Waals surface area contributed by atoms with Crippen LogP contribution in [0.4, 0.5) is 16.0 Å². The smallest absolute Gasteiger partial charge is 0.227 e. The highest BCUT2D eigenvalue weighted by Gasteiger charge is 2.08. The predicted octanol–water partition coefficient (Wildman–Crippen LogP) is 3.86. The van der Waals surface area contributed by atoms with Gasteiger partial charge in [-0.05, 0) is 49.1 Å². The molecule has 2 heterocycles. The lowest BCUT2D eigenvalue weighted by Gasteiger charge is -2.08. The molecule has 6 heteroatoms. The summed E-state index contributed by atoms with van der Waals surface area (Å²) in [6.45, 7) is 1.92. The average Bonchev–Trinajstić information content (AvgIpc) is 2.62. The third-order valence-electron chi connectivity index (χ3n) is 3.80. The number of nitrogens with zero attached hydrogens (tertiary/aromatic N) is 3. The van der Waals surface area contributed by atoms with Crippen LogP contribution in [-0.2, 0) is 12.8 Å². The molecule has 0 saturated heterocycles. The Hall–Kier alpha value is -3.02. The molecule has 0 atom stereocenters. The van der Waals surface area contributed by atoms with Crippen molar-refractivity contribution in [1.82, 2.24) is 15.0 Å². The van der Waals surface area contributed by atoms with Crippen molar-refractivity contribution in [3.8, 4) is 5.75 Å². The van der Waals surface area contributed by atoms with Crippen molar-refractivity contribution in [2.45, 2.75) is 19.8 Å². The number of pyridine rings is 1. The number of halogens is 1. The van der Waals surface area contributed by atoms with Crippen LogP contribution in [0.25, 0.3) is 0 Å². The van der Waals surface area contributed by atoms with Gasteiger partial charge in [0, 0.05) is 30.0 Å². The van der Waals surface area contributed by atoms with Crippen molar-refractivity contribution in [2.24, 2.45) is 0 Å². The van der Waals surface area contributed by atoms with E-state index in [2.05, 4.69) is 20.3 Å². The second kappa shape index (κ2) is 7.70. The summed E-state index contributed by atoms with van der Waals surface area (Å²) in [5.41, 5.74) is 3.37. The third kappa shape index (κ3) is 4.29. The number of hydrogen-bond acceptors (Lipinski definition) is 5. The van der Waals surface area contributed by atoms with Crippen molar-refractivity contribution in [3.05, 3.63) is 71.6 Å². The number of nitrogens with one attached hydrogen (secondary N) is 1. The number of aryl methyl sites for hydroxylation is 3. The number of ether oxygens (including phenoxy) is 1. The fourth-order valence-electron chi connectivity index (χ4n) is 2.49. The first-order valence-electron chi connectivity index (χ1n) is 7.97. The van der Waals surface area contributed by atoms with E-state index in [9.17, 15) is 4.39 Å². The Morgan fingerprint density at radius 1 is 1.08 bits per heavy atom. The molecule has 0 bridgehead atoms. The summed E-state index contributed by atoms with van der Waals surface area (Å²) in [6.07, 6.45) is 6.44. The van der Waals surface area contributed by atoms with Gasteiger partial charge in [-0.3, -0.25) is 4.98 Å². The third-order valence-corrected chi connectivity index (χ3v) is 3.80. The molecule has 0 fully saturated rings. The largest absolute Gasteiger partial charge is 0.494 e. The zero-order valence-electron chi connectivity index (χ0n) is 14.2. The Morgan fingerprint density at radius 3 is 2.60 bits per heavy atom. The molecule has 0 aliphatic carbocycles. The maximum atomic E-state index is 14.1. The number of methoxy groups -OCH3 is 1. The van der Waals surface area contributed by atoms with Crippen LogP contribution in [0.1, 0.15) is 16.8 Å². The SMILES string of the molecule is COc1cccc(CCc2cnc(Nc3ccnc(C)c3)nc2)c1F. The summed E-state index contributed by atoms with van der Waals surface area (Å²) < 4.78 is 19.1. The number of benzene rings is 1. The van der Waals surface area contributed by atoms with E-state index >= 15 is 0 Å². The van der Waals surface area contributed by atoms with E-state index in [4.69, 9.17) is 4.74 Å². The Balaban J connectivity index is 1.63. The molecular weight excluding hydrogens is 319 g/mol. The molecule has 0 aliphatic heterocycles. The van der Waals surface area contributed by atoms with E-state index in [-0.39, 0.29) is 11.6 Å². The molecule has 0 radical (unpaired) electrons. The van der Waals surface area contributed by atoms with E-state index in [1.54, 1.807) is 36.8 Å². The van der Waals surface area contributed by atoms with Gasteiger partial charge in [0.05, 0.1) is 7.11 Å². The lowest BCUT2D eigenvalue weighted by atomic mass is 10.1. The summed E-state index contributed by atoms with van der Waals surface area (Å²) in [6, 6.07) is 8.94. The second-order valence-corrected chi connectivity index (χ2v) is 5.66. The predicted molar refractivity (Wildman–Crippen MR) is 94.6 cm³/mol. The molecule has 3 aromatic rings. The number of hydrogen-bond donors (Lipinski definition) is 1. The summed E-state index contributed by atoms with van der Waals surface area (Å²) >= 11 is 0. The molecule has 3 rings (SSSR count). The molecule has 0 amide bonds. The van der Waals surface area contributed by atoms with E-state index in [1.165, 1.54) is 7.11 Å². The number of aromatic nitrogens is 3. The molecule has 128 valence electrons. The normalized spacial score (nSPS) is 10.5. The van der Waals surface area contributed by atoms with E-state index in [1.807, 2.05) is 19.1 Å². The molecular formula is C19H19FN4O. The minimum absolute atomic E-state index is 0.265. The minimum atomic E-state index is -0.308. The van der Waals surface area contributed by atoms with Crippen molar-refractivity contribution in [3.63, 3.8) is 0 Å². The topological polar surface area (TPSA) is 59.9 Å². The number of anilines is 2. The van der Waals surface area contributed by atoms with Crippen LogP contribution in [0, 0.1) is 12.7 Å². The first kappa shape index (κ1) is 16.8. The summed E-state index contributed by atoms with van der Waals surface area (Å²) in [4.78, 5) is 12.8. The maximum absolute atomic E-state index is 14.1. The summed E-state index contributed by atoms with van der Waals surface area (Å²) in [7, 11) is 1.46. The van der Waals surface area contributed by atoms with Crippen molar-refractivity contribution in [2.75, 3.05) is 12.4 Å². The lowest BCUT2D eigenvalue weighted by molar-refractivity contribution is 0.384. The zero-order chi connectivity index (χ0) is 17.6. The highest BCUT2D eigenvalue weighted by molar-refractivity contribution is 5.52. The van der Waals surface area contributed by atoms with Crippen molar-refractivity contribution < 1.29 is 9.13 Å². The highest BCUT2D eigenvalue weighted by atomic mass is 19.1. The fourth-order valence-corrected chi connectivity index (χ4v) is 2.49. The Labute approximate surface area is 145 Å². The molecule has 5 nitrogen and oxygen atoms in total. The molecule has 0 saturated carbocycles. The molecule has 0 spiro atoms. The highest BCUT2D eigenvalue weighted by Crippen LogP contribution is 2.21. The van der Waals surface area contributed by atoms with Gasteiger partial charge in [0.1, 0.15) is 0 Å². The number of rotatable bonds is 6. The molecule has 0 unspecified atom stereocenters. The second-order valence-electron chi connectivity index (χ2n) is 5.66.